The molecule has 2 heterocycles. The molecule has 2 fully saturated rings. The molecule has 64 valence electrons. The molecule has 0 N–H and O–H groups in total. The van der Waals surface area contributed by atoms with Crippen LogP contribution in [0.3, 0.4) is 0 Å². The highest BCUT2D eigenvalue weighted by atomic mass is 19.3. The first-order valence-electron chi connectivity index (χ1n) is 3.65. The third-order valence-corrected chi connectivity index (χ3v) is 2.45. The van der Waals surface area contributed by atoms with Crippen LogP contribution in [-0.2, 0) is 4.74 Å². The van der Waals surface area contributed by atoms with Gasteiger partial charge in [-0.15, -0.1) is 0 Å². The minimum absolute atomic E-state index is 0.0961. The summed E-state index contributed by atoms with van der Waals surface area (Å²) in [5, 5.41) is 0. The average molecular weight is 162 g/mol. The van der Waals surface area contributed by atoms with Crippen molar-refractivity contribution in [2.24, 2.45) is 0 Å². The fraction of sp³-hybridized carbons (Fsp3) is 0.857. The monoisotopic (exact) mass is 162 g/mol. The highest BCUT2D eigenvalue weighted by molar-refractivity contribution is 5.01. The van der Waals surface area contributed by atoms with Gasteiger partial charge < -0.3 is 9.64 Å². The lowest BCUT2D eigenvalue weighted by atomic mass is 10.1. The average Bonchev–Trinajstić information content (AvgIpc) is 2.11. The predicted octanol–water partition coefficient (Wildman–Crippen LogP) is 0.886. The topological polar surface area (TPSA) is 12.5 Å². The molecule has 0 aromatic heterocycles. The molecule has 2 aliphatic rings. The van der Waals surface area contributed by atoms with E-state index in [1.165, 1.54) is 4.90 Å². The van der Waals surface area contributed by atoms with E-state index in [9.17, 15) is 8.78 Å². The normalized spacial score (nSPS) is 42.8. The quantitative estimate of drug-likeness (QED) is 0.490. The largest absolute Gasteiger partial charge is 0.445 e. The van der Waals surface area contributed by atoms with E-state index in [4.69, 9.17) is 4.74 Å². The minimum atomic E-state index is -2.59. The van der Waals surface area contributed by atoms with Gasteiger partial charge in [0.25, 0.3) is 5.92 Å². The zero-order valence-corrected chi connectivity index (χ0v) is 6.09. The molecule has 2 unspecified atom stereocenters. The van der Waals surface area contributed by atoms with Gasteiger partial charge in [0.2, 0.25) is 0 Å². The van der Waals surface area contributed by atoms with Crippen molar-refractivity contribution in [2.75, 3.05) is 13.2 Å². The maximum atomic E-state index is 13.0. The van der Waals surface area contributed by atoms with Gasteiger partial charge in [0.05, 0.1) is 19.3 Å². The molecule has 0 amide bonds. The first-order chi connectivity index (χ1) is 5.11. The molecular weight excluding hydrogens is 152 g/mol. The Kier molecular flexibility index (Phi) is 1.44. The molecule has 2 rings (SSSR count). The van der Waals surface area contributed by atoms with Crippen LogP contribution in [0, 0.1) is 7.05 Å². The van der Waals surface area contributed by atoms with Crippen molar-refractivity contribution < 1.29 is 13.5 Å². The van der Waals surface area contributed by atoms with E-state index in [2.05, 4.69) is 7.05 Å². The number of hydrogen-bond donors (Lipinski definition) is 0. The molecule has 0 aromatic carbocycles. The zero-order chi connectivity index (χ0) is 8.06. The molecule has 2 saturated heterocycles. The van der Waals surface area contributed by atoms with Gasteiger partial charge in [-0.05, 0) is 0 Å². The highest BCUT2D eigenvalue weighted by Crippen LogP contribution is 2.40. The molecule has 2 nitrogen and oxygen atoms in total. The molecule has 2 atom stereocenters. The fourth-order valence-corrected chi connectivity index (χ4v) is 1.75. The molecule has 4 heteroatoms. The van der Waals surface area contributed by atoms with Crippen molar-refractivity contribution in [3.63, 3.8) is 0 Å². The summed E-state index contributed by atoms with van der Waals surface area (Å²) >= 11 is 0. The Hall–Kier alpha value is -0.220. The Morgan fingerprint density at radius 2 is 2.18 bits per heavy atom. The lowest BCUT2D eigenvalue weighted by Crippen LogP contribution is -2.45. The Morgan fingerprint density at radius 1 is 1.45 bits per heavy atom. The van der Waals surface area contributed by atoms with Crippen LogP contribution < -0.4 is 0 Å². The predicted molar refractivity (Wildman–Crippen MR) is 35.2 cm³/mol. The maximum absolute atomic E-state index is 13.0. The van der Waals surface area contributed by atoms with Crippen LogP contribution >= 0.6 is 0 Å². The van der Waals surface area contributed by atoms with Gasteiger partial charge in [-0.25, -0.2) is 8.78 Å². The molecule has 2 bridgehead atoms. The summed E-state index contributed by atoms with van der Waals surface area (Å²) in [4.78, 5) is 1.49. The number of ether oxygens (including phenoxy) is 1. The van der Waals surface area contributed by atoms with Gasteiger partial charge in [0.15, 0.2) is 0 Å². The highest BCUT2D eigenvalue weighted by Gasteiger charge is 2.51. The van der Waals surface area contributed by atoms with Crippen LogP contribution in [-0.4, -0.2) is 36.1 Å². The van der Waals surface area contributed by atoms with Gasteiger partial charge in [-0.2, -0.15) is 0 Å². The second-order valence-corrected chi connectivity index (χ2v) is 3.19. The van der Waals surface area contributed by atoms with Gasteiger partial charge >= 0.3 is 0 Å². The van der Waals surface area contributed by atoms with E-state index < -0.39 is 12.0 Å². The lowest BCUT2D eigenvalue weighted by Gasteiger charge is -2.37. The van der Waals surface area contributed by atoms with Gasteiger partial charge in [-0.1, -0.05) is 0 Å². The van der Waals surface area contributed by atoms with Crippen LogP contribution in [0.25, 0.3) is 0 Å². The first kappa shape index (κ1) is 7.43. The Bertz CT molecular complexity index is 174. The molecule has 0 radical (unpaired) electrons. The fourth-order valence-electron chi connectivity index (χ4n) is 1.75. The first-order valence-corrected chi connectivity index (χ1v) is 3.65. The summed E-state index contributed by atoms with van der Waals surface area (Å²) in [6.45, 7) is 0.516. The van der Waals surface area contributed by atoms with E-state index in [1.807, 2.05) is 0 Å². The Labute approximate surface area is 64.1 Å². The molecule has 0 saturated carbocycles. The van der Waals surface area contributed by atoms with Crippen molar-refractivity contribution in [3.8, 4) is 0 Å². The van der Waals surface area contributed by atoms with E-state index in [0.717, 1.165) is 0 Å². The van der Waals surface area contributed by atoms with Gasteiger partial charge in [-0.3, -0.25) is 7.05 Å². The number of alkyl halides is 2. The summed E-state index contributed by atoms with van der Waals surface area (Å²) < 4.78 is 31.0. The molecule has 0 aliphatic carbocycles. The molecule has 2 aliphatic heterocycles. The van der Waals surface area contributed by atoms with Crippen molar-refractivity contribution >= 4 is 0 Å². The molecular formula is C7H10F2NO-. The van der Waals surface area contributed by atoms with Crippen molar-refractivity contribution in [1.29, 1.82) is 0 Å². The third-order valence-electron chi connectivity index (χ3n) is 2.45. The van der Waals surface area contributed by atoms with E-state index in [0.29, 0.717) is 6.61 Å². The number of fused-ring (bicyclic) bond motifs is 2. The lowest BCUT2D eigenvalue weighted by molar-refractivity contribution is -0.0676. The second kappa shape index (κ2) is 2.14. The number of nitrogens with zero attached hydrogens (tertiary/aromatic N) is 1. The summed E-state index contributed by atoms with van der Waals surface area (Å²) in [6, 6.07) is -0.968. The molecule has 0 spiro atoms. The van der Waals surface area contributed by atoms with Crippen LogP contribution in [0.2, 0.25) is 0 Å². The minimum Gasteiger partial charge on any atom is -0.445 e. The van der Waals surface area contributed by atoms with E-state index in [-0.39, 0.29) is 19.1 Å². The molecule has 0 aromatic rings. The smallest absolute Gasteiger partial charge is 0.264 e. The van der Waals surface area contributed by atoms with Crippen molar-refractivity contribution in [2.45, 2.75) is 24.4 Å². The van der Waals surface area contributed by atoms with Crippen molar-refractivity contribution in [1.82, 2.24) is 4.90 Å². The number of hydrogen-bond acceptors (Lipinski definition) is 2. The number of rotatable bonds is 0. The summed E-state index contributed by atoms with van der Waals surface area (Å²) in [5.74, 6) is -2.59. The van der Waals surface area contributed by atoms with Gasteiger partial charge in [0.1, 0.15) is 0 Å². The standard InChI is InChI=1S/C7H10F2NO/c1-10-5-2-7(8,9)6(10)4-11-3-5/h5-6H,1-4H2/q-1. The third kappa shape index (κ3) is 0.964. The summed E-state index contributed by atoms with van der Waals surface area (Å²) in [5.41, 5.74) is 0. The summed E-state index contributed by atoms with van der Waals surface area (Å²) in [7, 11) is 3.59. The van der Waals surface area contributed by atoms with E-state index in [1.54, 1.807) is 0 Å². The van der Waals surface area contributed by atoms with Crippen LogP contribution in [0.15, 0.2) is 0 Å². The summed E-state index contributed by atoms with van der Waals surface area (Å²) in [6.07, 6.45) is -0.0961. The van der Waals surface area contributed by atoms with Crippen LogP contribution in [0.5, 0.6) is 0 Å². The van der Waals surface area contributed by atoms with E-state index >= 15 is 0 Å². The second-order valence-electron chi connectivity index (χ2n) is 3.19. The van der Waals surface area contributed by atoms with Gasteiger partial charge in [0, 0.05) is 12.5 Å². The maximum Gasteiger partial charge on any atom is 0.264 e. The van der Waals surface area contributed by atoms with Crippen molar-refractivity contribution in [3.05, 3.63) is 7.05 Å². The zero-order valence-electron chi connectivity index (χ0n) is 6.09. The number of morpholine rings is 1. The Morgan fingerprint density at radius 3 is 2.73 bits per heavy atom. The van der Waals surface area contributed by atoms with Crippen LogP contribution in [0.4, 0.5) is 8.78 Å². The Balaban J connectivity index is 2.23. The molecule has 11 heavy (non-hydrogen) atoms. The van der Waals surface area contributed by atoms with Crippen LogP contribution in [0.1, 0.15) is 6.42 Å². The number of halogens is 2. The SMILES string of the molecule is [CH2-]N1C2COCC1C(F)(F)C2.